The number of carbonyl (C=O) groups excluding carboxylic acids is 1. The van der Waals surface area contributed by atoms with E-state index in [9.17, 15) is 4.79 Å². The molecule has 0 aromatic carbocycles. The molecule has 2 bridgehead atoms. The van der Waals surface area contributed by atoms with Crippen molar-refractivity contribution in [1.82, 2.24) is 0 Å². The normalized spacial score (nSPS) is 59.1. The van der Waals surface area contributed by atoms with Gasteiger partial charge in [-0.15, -0.1) is 0 Å². The van der Waals surface area contributed by atoms with Gasteiger partial charge in [0.2, 0.25) is 12.1 Å². The van der Waals surface area contributed by atoms with E-state index in [0.29, 0.717) is 17.8 Å². The molecule has 5 fully saturated rings. The number of ether oxygens (including phenoxy) is 2. The Morgan fingerprint density at radius 2 is 1.90 bits per heavy atom. The van der Waals surface area contributed by atoms with Crippen molar-refractivity contribution in [3.8, 4) is 0 Å². The Labute approximate surface area is 125 Å². The van der Waals surface area contributed by atoms with Crippen molar-refractivity contribution in [2.45, 2.75) is 64.6 Å². The van der Waals surface area contributed by atoms with Crippen LogP contribution in [0.25, 0.3) is 0 Å². The Morgan fingerprint density at radius 1 is 1.14 bits per heavy atom. The standard InChI is InChI=1S/C16H24O5/c1-8-7-12-10(3)13(17)18-14-16(12)11(9(8)2)5-6-15(4,19-14)20-21-16/h8-12,14H,5-7H2,1-4H3/t8-,9+,10+,11?,12?,14+,15-,16+/m0/s1. The maximum Gasteiger partial charge on any atom is 0.311 e. The predicted molar refractivity (Wildman–Crippen MR) is 72.6 cm³/mol. The average molecular weight is 296 g/mol. The minimum Gasteiger partial charge on any atom is -0.432 e. The SMILES string of the molecule is C[C@H]1C(=O)O[C@@H]2O[C@]3(C)CCC4[C@H](C)[C@@H](C)CC1[C@]42OO3. The number of hydrogen-bond acceptors (Lipinski definition) is 5. The van der Waals surface area contributed by atoms with Crippen LogP contribution < -0.4 is 0 Å². The zero-order valence-electron chi connectivity index (χ0n) is 13.1. The Balaban J connectivity index is 1.85. The van der Waals surface area contributed by atoms with Gasteiger partial charge < -0.3 is 9.47 Å². The van der Waals surface area contributed by atoms with Crippen LogP contribution in [0.3, 0.4) is 0 Å². The number of hydrogen-bond donors (Lipinski definition) is 0. The van der Waals surface area contributed by atoms with Crippen LogP contribution in [0.2, 0.25) is 0 Å². The first-order valence-electron chi connectivity index (χ1n) is 8.12. The van der Waals surface area contributed by atoms with E-state index in [1.807, 2.05) is 13.8 Å². The Hall–Kier alpha value is -0.650. The highest BCUT2D eigenvalue weighted by atomic mass is 17.3. The van der Waals surface area contributed by atoms with Gasteiger partial charge in [0.1, 0.15) is 0 Å². The minimum atomic E-state index is -0.804. The largest absolute Gasteiger partial charge is 0.432 e. The van der Waals surface area contributed by atoms with Crippen molar-refractivity contribution in [3.05, 3.63) is 0 Å². The van der Waals surface area contributed by atoms with Gasteiger partial charge in [-0.05, 0) is 31.6 Å². The summed E-state index contributed by atoms with van der Waals surface area (Å²) in [6.45, 7) is 8.37. The number of esters is 1. The quantitative estimate of drug-likeness (QED) is 0.508. The van der Waals surface area contributed by atoms with Gasteiger partial charge in [-0.1, -0.05) is 20.8 Å². The lowest BCUT2D eigenvalue weighted by Crippen LogP contribution is -2.70. The van der Waals surface area contributed by atoms with Crippen LogP contribution in [-0.2, 0) is 24.0 Å². The molecule has 4 saturated heterocycles. The van der Waals surface area contributed by atoms with Crippen LogP contribution >= 0.6 is 0 Å². The topological polar surface area (TPSA) is 54.0 Å². The summed E-state index contributed by atoms with van der Waals surface area (Å²) in [6, 6.07) is 0. The molecule has 4 heterocycles. The fourth-order valence-electron chi connectivity index (χ4n) is 4.99. The van der Waals surface area contributed by atoms with Crippen molar-refractivity contribution in [1.29, 1.82) is 0 Å². The third-order valence-corrected chi connectivity index (χ3v) is 6.51. The summed E-state index contributed by atoms with van der Waals surface area (Å²) in [6.07, 6.45) is 2.08. The summed E-state index contributed by atoms with van der Waals surface area (Å²) in [7, 11) is 0. The van der Waals surface area contributed by atoms with E-state index in [-0.39, 0.29) is 17.8 Å². The molecule has 0 radical (unpaired) electrons. The molecule has 1 spiro atoms. The minimum absolute atomic E-state index is 0.0996. The molecule has 1 saturated carbocycles. The molecule has 5 rings (SSSR count). The highest BCUT2D eigenvalue weighted by Crippen LogP contribution is 2.60. The van der Waals surface area contributed by atoms with E-state index in [1.165, 1.54) is 0 Å². The molecule has 0 N–H and O–H groups in total. The van der Waals surface area contributed by atoms with Crippen molar-refractivity contribution in [2.75, 3.05) is 0 Å². The molecule has 5 aliphatic rings. The predicted octanol–water partition coefficient (Wildman–Crippen LogP) is 2.64. The Bertz CT molecular complexity index is 475. The first kappa shape index (κ1) is 14.0. The molecule has 118 valence electrons. The third kappa shape index (κ3) is 1.65. The fraction of sp³-hybridized carbons (Fsp3) is 0.938. The molecule has 5 heteroatoms. The van der Waals surface area contributed by atoms with Gasteiger partial charge in [0.25, 0.3) is 0 Å². The maximum absolute atomic E-state index is 12.2. The van der Waals surface area contributed by atoms with Gasteiger partial charge in [-0.3, -0.25) is 4.79 Å². The molecule has 5 nitrogen and oxygen atoms in total. The van der Waals surface area contributed by atoms with Gasteiger partial charge in [-0.2, -0.15) is 0 Å². The zero-order valence-corrected chi connectivity index (χ0v) is 13.1. The van der Waals surface area contributed by atoms with Gasteiger partial charge in [0, 0.05) is 18.3 Å². The van der Waals surface area contributed by atoms with E-state index in [2.05, 4.69) is 13.8 Å². The molecule has 0 aromatic rings. The summed E-state index contributed by atoms with van der Waals surface area (Å²) in [4.78, 5) is 23.9. The Morgan fingerprint density at radius 3 is 2.67 bits per heavy atom. The van der Waals surface area contributed by atoms with E-state index >= 15 is 0 Å². The fourth-order valence-corrected chi connectivity index (χ4v) is 4.99. The van der Waals surface area contributed by atoms with Gasteiger partial charge in [0.15, 0.2) is 5.60 Å². The number of rotatable bonds is 0. The highest BCUT2D eigenvalue weighted by molar-refractivity contribution is 5.74. The summed E-state index contributed by atoms with van der Waals surface area (Å²) < 4.78 is 11.7. The average Bonchev–Trinajstić information content (AvgIpc) is 2.66. The van der Waals surface area contributed by atoms with Gasteiger partial charge >= 0.3 is 5.97 Å². The molecule has 21 heavy (non-hydrogen) atoms. The number of carbonyl (C=O) groups is 1. The van der Waals surface area contributed by atoms with Crippen molar-refractivity contribution < 1.29 is 24.0 Å². The highest BCUT2D eigenvalue weighted by Gasteiger charge is 2.70. The van der Waals surface area contributed by atoms with E-state index in [4.69, 9.17) is 19.2 Å². The summed E-state index contributed by atoms with van der Waals surface area (Å²) in [5, 5.41) is 0. The van der Waals surface area contributed by atoms with Crippen molar-refractivity contribution >= 4 is 5.97 Å². The van der Waals surface area contributed by atoms with Gasteiger partial charge in [0.05, 0.1) is 5.92 Å². The van der Waals surface area contributed by atoms with E-state index < -0.39 is 17.7 Å². The van der Waals surface area contributed by atoms with Gasteiger partial charge in [-0.25, -0.2) is 9.78 Å². The second-order valence-electron chi connectivity index (χ2n) is 7.65. The van der Waals surface area contributed by atoms with Crippen LogP contribution in [0.1, 0.15) is 47.0 Å². The second kappa shape index (κ2) is 4.21. The zero-order chi connectivity index (χ0) is 15.0. The van der Waals surface area contributed by atoms with Crippen LogP contribution in [0.4, 0.5) is 0 Å². The molecule has 2 unspecified atom stereocenters. The van der Waals surface area contributed by atoms with Crippen LogP contribution in [0.5, 0.6) is 0 Å². The molecule has 0 aromatic heterocycles. The monoisotopic (exact) mass is 296 g/mol. The van der Waals surface area contributed by atoms with Crippen molar-refractivity contribution in [3.63, 3.8) is 0 Å². The molecular formula is C16H24O5. The molecule has 1 aliphatic carbocycles. The lowest BCUT2D eigenvalue weighted by atomic mass is 9.55. The number of fused-ring (bicyclic) bond motifs is 2. The van der Waals surface area contributed by atoms with Crippen molar-refractivity contribution in [2.24, 2.45) is 29.6 Å². The second-order valence-corrected chi connectivity index (χ2v) is 7.65. The van der Waals surface area contributed by atoms with Crippen LogP contribution in [0, 0.1) is 29.6 Å². The summed E-state index contributed by atoms with van der Waals surface area (Å²) >= 11 is 0. The van der Waals surface area contributed by atoms with Crippen LogP contribution in [0.15, 0.2) is 0 Å². The van der Waals surface area contributed by atoms with E-state index in [1.54, 1.807) is 0 Å². The first-order valence-corrected chi connectivity index (χ1v) is 8.12. The molecular weight excluding hydrogens is 272 g/mol. The first-order chi connectivity index (χ1) is 9.87. The smallest absolute Gasteiger partial charge is 0.311 e. The Kier molecular flexibility index (Phi) is 2.80. The lowest BCUT2D eigenvalue weighted by Gasteiger charge is -2.59. The third-order valence-electron chi connectivity index (χ3n) is 6.51. The molecule has 4 aliphatic heterocycles. The molecule has 0 amide bonds. The van der Waals surface area contributed by atoms with E-state index in [0.717, 1.165) is 19.3 Å². The summed E-state index contributed by atoms with van der Waals surface area (Å²) in [5.41, 5.74) is -0.630. The maximum atomic E-state index is 12.2. The summed E-state index contributed by atoms with van der Waals surface area (Å²) in [5.74, 6) is 0.318. The van der Waals surface area contributed by atoms with Crippen LogP contribution in [-0.4, -0.2) is 23.6 Å². The molecule has 8 atom stereocenters. The lowest BCUT2D eigenvalue weighted by molar-refractivity contribution is -0.560.